The molecule has 1 aliphatic rings. The predicted molar refractivity (Wildman–Crippen MR) is 44.9 cm³/mol. The van der Waals surface area contributed by atoms with Gasteiger partial charge in [0.25, 0.3) is 0 Å². The van der Waals surface area contributed by atoms with E-state index in [1.807, 2.05) is 0 Å². The molecule has 68 valence electrons. The van der Waals surface area contributed by atoms with Crippen LogP contribution in [-0.4, -0.2) is 30.3 Å². The smallest absolute Gasteiger partial charge is 0.222 e. The summed E-state index contributed by atoms with van der Waals surface area (Å²) in [5.41, 5.74) is 0. The SMILES string of the molecule is O=C1CC(NC(=O)CCCl)CN1. The molecular weight excluding hydrogens is 180 g/mol. The van der Waals surface area contributed by atoms with E-state index in [9.17, 15) is 9.59 Å². The lowest BCUT2D eigenvalue weighted by Crippen LogP contribution is -2.36. The molecule has 0 aromatic rings. The highest BCUT2D eigenvalue weighted by molar-refractivity contribution is 6.18. The third-order valence-electron chi connectivity index (χ3n) is 1.66. The van der Waals surface area contributed by atoms with Crippen LogP contribution in [-0.2, 0) is 9.59 Å². The molecule has 1 fully saturated rings. The van der Waals surface area contributed by atoms with Crippen LogP contribution in [0.4, 0.5) is 0 Å². The van der Waals surface area contributed by atoms with Gasteiger partial charge in [0.1, 0.15) is 0 Å². The van der Waals surface area contributed by atoms with Gasteiger partial charge in [0, 0.05) is 25.3 Å². The summed E-state index contributed by atoms with van der Waals surface area (Å²) >= 11 is 5.37. The third-order valence-corrected chi connectivity index (χ3v) is 1.85. The Morgan fingerprint density at radius 2 is 2.50 bits per heavy atom. The number of amides is 2. The van der Waals surface area contributed by atoms with Crippen molar-refractivity contribution in [3.8, 4) is 0 Å². The average molecular weight is 191 g/mol. The van der Waals surface area contributed by atoms with Crippen LogP contribution in [0.15, 0.2) is 0 Å². The van der Waals surface area contributed by atoms with E-state index in [0.717, 1.165) is 0 Å². The van der Waals surface area contributed by atoms with Gasteiger partial charge >= 0.3 is 0 Å². The standard InChI is InChI=1S/C7H11ClN2O2/c8-2-1-6(11)10-5-3-7(12)9-4-5/h5H,1-4H2,(H,9,12)(H,10,11). The van der Waals surface area contributed by atoms with Crippen molar-refractivity contribution in [2.75, 3.05) is 12.4 Å². The molecule has 1 aliphatic heterocycles. The Balaban J connectivity index is 2.23. The van der Waals surface area contributed by atoms with Crippen LogP contribution < -0.4 is 10.6 Å². The Morgan fingerprint density at radius 1 is 1.75 bits per heavy atom. The van der Waals surface area contributed by atoms with Crippen molar-refractivity contribution in [2.24, 2.45) is 0 Å². The second-order valence-corrected chi connectivity index (χ2v) is 3.09. The van der Waals surface area contributed by atoms with Gasteiger partial charge in [-0.3, -0.25) is 9.59 Å². The van der Waals surface area contributed by atoms with E-state index in [1.54, 1.807) is 0 Å². The van der Waals surface area contributed by atoms with E-state index in [0.29, 0.717) is 25.3 Å². The molecular formula is C7H11ClN2O2. The Kier molecular flexibility index (Phi) is 3.34. The Hall–Kier alpha value is -0.770. The molecule has 0 saturated carbocycles. The molecule has 1 rings (SSSR count). The fourth-order valence-electron chi connectivity index (χ4n) is 1.09. The van der Waals surface area contributed by atoms with Crippen LogP contribution in [0.5, 0.6) is 0 Å². The number of nitrogens with one attached hydrogen (secondary N) is 2. The van der Waals surface area contributed by atoms with Crippen molar-refractivity contribution in [1.29, 1.82) is 0 Å². The monoisotopic (exact) mass is 190 g/mol. The van der Waals surface area contributed by atoms with Crippen molar-refractivity contribution in [3.05, 3.63) is 0 Å². The Labute approximate surface area is 75.6 Å². The highest BCUT2D eigenvalue weighted by Gasteiger charge is 2.22. The number of rotatable bonds is 3. The van der Waals surface area contributed by atoms with Crippen molar-refractivity contribution < 1.29 is 9.59 Å². The van der Waals surface area contributed by atoms with Crippen LogP contribution in [0.1, 0.15) is 12.8 Å². The van der Waals surface area contributed by atoms with Crippen LogP contribution >= 0.6 is 11.6 Å². The van der Waals surface area contributed by atoms with E-state index in [1.165, 1.54) is 0 Å². The molecule has 1 saturated heterocycles. The van der Waals surface area contributed by atoms with Gasteiger partial charge in [-0.2, -0.15) is 0 Å². The predicted octanol–water partition coefficient (Wildman–Crippen LogP) is -0.380. The summed E-state index contributed by atoms with van der Waals surface area (Å²) in [6, 6.07) is -0.0479. The molecule has 0 aliphatic carbocycles. The molecule has 1 heterocycles. The quantitative estimate of drug-likeness (QED) is 0.597. The average Bonchev–Trinajstić information content (AvgIpc) is 2.36. The lowest BCUT2D eigenvalue weighted by molar-refractivity contribution is -0.121. The summed E-state index contributed by atoms with van der Waals surface area (Å²) in [5, 5.41) is 5.33. The summed E-state index contributed by atoms with van der Waals surface area (Å²) in [6.07, 6.45) is 0.695. The third kappa shape index (κ3) is 2.70. The van der Waals surface area contributed by atoms with Gasteiger partial charge in [-0.1, -0.05) is 0 Å². The summed E-state index contributed by atoms with van der Waals surface area (Å²) < 4.78 is 0. The minimum atomic E-state index is -0.0912. The summed E-state index contributed by atoms with van der Waals surface area (Å²) in [4.78, 5) is 21.7. The van der Waals surface area contributed by atoms with Crippen LogP contribution in [0.25, 0.3) is 0 Å². The molecule has 0 aromatic carbocycles. The van der Waals surface area contributed by atoms with Gasteiger partial charge in [0.15, 0.2) is 0 Å². The minimum absolute atomic E-state index is 0.00817. The molecule has 12 heavy (non-hydrogen) atoms. The van der Waals surface area contributed by atoms with Gasteiger partial charge in [-0.05, 0) is 0 Å². The second kappa shape index (κ2) is 4.30. The zero-order chi connectivity index (χ0) is 8.97. The van der Waals surface area contributed by atoms with Crippen LogP contribution in [0, 0.1) is 0 Å². The van der Waals surface area contributed by atoms with Gasteiger partial charge in [0.2, 0.25) is 11.8 Å². The molecule has 2 N–H and O–H groups in total. The van der Waals surface area contributed by atoms with Crippen LogP contribution in [0.2, 0.25) is 0 Å². The van der Waals surface area contributed by atoms with E-state index >= 15 is 0 Å². The van der Waals surface area contributed by atoms with Gasteiger partial charge in [0.05, 0.1) is 6.04 Å². The molecule has 1 unspecified atom stereocenters. The molecule has 0 radical (unpaired) electrons. The first kappa shape index (κ1) is 9.32. The molecule has 0 bridgehead atoms. The maximum Gasteiger partial charge on any atom is 0.222 e. The maximum absolute atomic E-state index is 11.0. The lowest BCUT2D eigenvalue weighted by atomic mass is 10.2. The summed E-state index contributed by atoms with van der Waals surface area (Å²) in [5.74, 6) is 0.220. The molecule has 0 aromatic heterocycles. The van der Waals surface area contributed by atoms with Gasteiger partial charge in [-0.15, -0.1) is 11.6 Å². The topological polar surface area (TPSA) is 58.2 Å². The number of carbonyl (C=O) groups is 2. The molecule has 5 heteroatoms. The first-order chi connectivity index (χ1) is 5.72. The Bertz CT molecular complexity index is 196. The molecule has 2 amide bonds. The summed E-state index contributed by atoms with van der Waals surface area (Å²) in [7, 11) is 0. The van der Waals surface area contributed by atoms with E-state index < -0.39 is 0 Å². The zero-order valence-electron chi connectivity index (χ0n) is 6.60. The number of alkyl halides is 1. The first-order valence-corrected chi connectivity index (χ1v) is 4.38. The summed E-state index contributed by atoms with van der Waals surface area (Å²) in [6.45, 7) is 0.535. The second-order valence-electron chi connectivity index (χ2n) is 2.71. The zero-order valence-corrected chi connectivity index (χ0v) is 7.36. The molecule has 0 spiro atoms. The number of halogens is 1. The highest BCUT2D eigenvalue weighted by Crippen LogP contribution is 1.99. The van der Waals surface area contributed by atoms with Gasteiger partial charge in [-0.25, -0.2) is 0 Å². The fourth-order valence-corrected chi connectivity index (χ4v) is 1.26. The van der Waals surface area contributed by atoms with Crippen molar-refractivity contribution in [2.45, 2.75) is 18.9 Å². The van der Waals surface area contributed by atoms with Crippen LogP contribution in [0.3, 0.4) is 0 Å². The number of carbonyl (C=O) groups excluding carboxylic acids is 2. The maximum atomic E-state index is 11.0. The molecule has 4 nitrogen and oxygen atoms in total. The van der Waals surface area contributed by atoms with E-state index in [4.69, 9.17) is 11.6 Å². The minimum Gasteiger partial charge on any atom is -0.354 e. The molecule has 1 atom stereocenters. The van der Waals surface area contributed by atoms with Crippen molar-refractivity contribution in [1.82, 2.24) is 10.6 Å². The van der Waals surface area contributed by atoms with E-state index in [-0.39, 0.29) is 17.9 Å². The highest BCUT2D eigenvalue weighted by atomic mass is 35.5. The largest absolute Gasteiger partial charge is 0.354 e. The lowest BCUT2D eigenvalue weighted by Gasteiger charge is -2.08. The normalized spacial score (nSPS) is 22.1. The first-order valence-electron chi connectivity index (χ1n) is 3.84. The van der Waals surface area contributed by atoms with Crippen molar-refractivity contribution in [3.63, 3.8) is 0 Å². The van der Waals surface area contributed by atoms with Gasteiger partial charge < -0.3 is 10.6 Å². The van der Waals surface area contributed by atoms with E-state index in [2.05, 4.69) is 10.6 Å². The number of hydrogen-bond donors (Lipinski definition) is 2. The fraction of sp³-hybridized carbons (Fsp3) is 0.714. The Morgan fingerprint density at radius 3 is 3.00 bits per heavy atom. The number of hydrogen-bond acceptors (Lipinski definition) is 2. The van der Waals surface area contributed by atoms with Crippen molar-refractivity contribution >= 4 is 23.4 Å².